The fraction of sp³-hybridized carbons (Fsp3) is 0.143. The van der Waals surface area contributed by atoms with Crippen LogP contribution in [0.3, 0.4) is 0 Å². The number of amides is 2. The van der Waals surface area contributed by atoms with Crippen LogP contribution in [0.2, 0.25) is 0 Å². The maximum Gasteiger partial charge on any atom is 0.476 e. The van der Waals surface area contributed by atoms with Gasteiger partial charge in [-0.25, -0.2) is 0 Å². The molecule has 0 saturated carbocycles. The summed E-state index contributed by atoms with van der Waals surface area (Å²) in [6.45, 7) is 0. The topological polar surface area (TPSA) is 113 Å². The Labute approximate surface area is 121 Å². The highest BCUT2D eigenvalue weighted by molar-refractivity contribution is 6.44. The summed E-state index contributed by atoms with van der Waals surface area (Å²) in [6, 6.07) is 12.7. The molecule has 0 heterocycles. The summed E-state index contributed by atoms with van der Waals surface area (Å²) in [4.78, 5) is 23.0. The van der Waals surface area contributed by atoms with Crippen LogP contribution in [0.4, 0.5) is 0 Å². The second-order valence-electron chi connectivity index (χ2n) is 4.73. The van der Waals surface area contributed by atoms with Gasteiger partial charge in [0.05, 0.1) is 5.94 Å². The monoisotopic (exact) mass is 286 g/mol. The molecule has 0 aliphatic carbocycles. The molecule has 2 aromatic carbocycles. The second kappa shape index (κ2) is 6.38. The number of nitrogens with two attached hydrogens (primary N) is 1. The van der Waals surface area contributed by atoms with Crippen molar-refractivity contribution in [1.82, 2.24) is 5.32 Å². The van der Waals surface area contributed by atoms with E-state index in [1.165, 1.54) is 0 Å². The normalized spacial score (nSPS) is 11.9. The highest BCUT2D eigenvalue weighted by Gasteiger charge is 2.27. The van der Waals surface area contributed by atoms with Crippen LogP contribution in [0.5, 0.6) is 0 Å². The maximum absolute atomic E-state index is 12.1. The summed E-state index contributed by atoms with van der Waals surface area (Å²) in [7, 11) is -1.86. The fourth-order valence-electron chi connectivity index (χ4n) is 2.03. The Balaban J connectivity index is 2.18. The first-order chi connectivity index (χ1) is 9.97. The summed E-state index contributed by atoms with van der Waals surface area (Å²) in [5.74, 6) is -2.37. The first-order valence-corrected chi connectivity index (χ1v) is 6.41. The van der Waals surface area contributed by atoms with Gasteiger partial charge in [-0.3, -0.25) is 9.59 Å². The first kappa shape index (κ1) is 15.0. The lowest BCUT2D eigenvalue weighted by Gasteiger charge is -2.16. The molecule has 0 aliphatic heterocycles. The van der Waals surface area contributed by atoms with Crippen molar-refractivity contribution >= 4 is 29.7 Å². The standard InChI is InChI=1S/C14H15BN2O4/c16-13(18)8-12(15(20)21)17-14(19)11-6-5-9-3-1-2-4-10(9)7-11/h1-7,12,20-21H,8H2,(H2,16,18)(H,17,19)/t12-/m1/s1. The minimum absolute atomic E-state index is 0.350. The molecular weight excluding hydrogens is 271 g/mol. The van der Waals surface area contributed by atoms with E-state index in [9.17, 15) is 9.59 Å². The number of hydrogen-bond donors (Lipinski definition) is 4. The van der Waals surface area contributed by atoms with Crippen molar-refractivity contribution < 1.29 is 19.6 Å². The van der Waals surface area contributed by atoms with E-state index in [2.05, 4.69) is 5.32 Å². The molecule has 0 fully saturated rings. The van der Waals surface area contributed by atoms with Crippen molar-refractivity contribution in [2.24, 2.45) is 5.73 Å². The summed E-state index contributed by atoms with van der Waals surface area (Å²) >= 11 is 0. The summed E-state index contributed by atoms with van der Waals surface area (Å²) < 4.78 is 0. The van der Waals surface area contributed by atoms with Gasteiger partial charge in [-0.05, 0) is 22.9 Å². The molecule has 0 spiro atoms. The predicted molar refractivity (Wildman–Crippen MR) is 79.2 cm³/mol. The third-order valence-electron chi connectivity index (χ3n) is 3.11. The minimum Gasteiger partial charge on any atom is -0.426 e. The van der Waals surface area contributed by atoms with E-state index in [1.54, 1.807) is 18.2 Å². The Morgan fingerprint density at radius 2 is 1.81 bits per heavy atom. The quantitative estimate of drug-likeness (QED) is 0.571. The van der Waals surface area contributed by atoms with Crippen LogP contribution in [0.1, 0.15) is 16.8 Å². The van der Waals surface area contributed by atoms with E-state index in [4.69, 9.17) is 15.8 Å². The van der Waals surface area contributed by atoms with E-state index in [1.807, 2.05) is 24.3 Å². The highest BCUT2D eigenvalue weighted by Crippen LogP contribution is 2.15. The molecule has 5 N–H and O–H groups in total. The van der Waals surface area contributed by atoms with Crippen LogP contribution in [-0.4, -0.2) is 34.9 Å². The smallest absolute Gasteiger partial charge is 0.426 e. The Morgan fingerprint density at radius 3 is 2.43 bits per heavy atom. The number of primary amides is 1. The van der Waals surface area contributed by atoms with Gasteiger partial charge in [0.25, 0.3) is 5.91 Å². The average molecular weight is 286 g/mol. The van der Waals surface area contributed by atoms with Crippen molar-refractivity contribution in [3.05, 3.63) is 48.0 Å². The molecule has 0 aliphatic rings. The van der Waals surface area contributed by atoms with Crippen molar-refractivity contribution in [3.8, 4) is 0 Å². The third kappa shape index (κ3) is 3.81. The van der Waals surface area contributed by atoms with Gasteiger partial charge < -0.3 is 21.1 Å². The van der Waals surface area contributed by atoms with E-state index >= 15 is 0 Å². The van der Waals surface area contributed by atoms with Gasteiger partial charge in [0.2, 0.25) is 5.91 Å². The molecule has 108 valence electrons. The van der Waals surface area contributed by atoms with Gasteiger partial charge >= 0.3 is 7.12 Å². The van der Waals surface area contributed by atoms with E-state index < -0.39 is 24.9 Å². The molecule has 0 unspecified atom stereocenters. The molecule has 0 saturated heterocycles. The molecule has 2 aromatic rings. The number of hydrogen-bond acceptors (Lipinski definition) is 4. The molecule has 0 bridgehead atoms. The van der Waals surface area contributed by atoms with Crippen LogP contribution in [-0.2, 0) is 4.79 Å². The lowest BCUT2D eigenvalue weighted by molar-refractivity contribution is -0.118. The van der Waals surface area contributed by atoms with Crippen LogP contribution in [0.25, 0.3) is 10.8 Å². The number of carbonyl (C=O) groups is 2. The van der Waals surface area contributed by atoms with Crippen molar-refractivity contribution in [3.63, 3.8) is 0 Å². The van der Waals surface area contributed by atoms with Gasteiger partial charge in [0.15, 0.2) is 0 Å². The van der Waals surface area contributed by atoms with E-state index in [-0.39, 0.29) is 6.42 Å². The average Bonchev–Trinajstić information content (AvgIpc) is 2.45. The number of rotatable bonds is 5. The van der Waals surface area contributed by atoms with Gasteiger partial charge in [-0.15, -0.1) is 0 Å². The van der Waals surface area contributed by atoms with Gasteiger partial charge in [-0.2, -0.15) is 0 Å². The van der Waals surface area contributed by atoms with E-state index in [0.29, 0.717) is 5.56 Å². The molecule has 6 nitrogen and oxygen atoms in total. The van der Waals surface area contributed by atoms with E-state index in [0.717, 1.165) is 10.8 Å². The lowest BCUT2D eigenvalue weighted by Crippen LogP contribution is -2.48. The van der Waals surface area contributed by atoms with Crippen molar-refractivity contribution in [2.75, 3.05) is 0 Å². The molecule has 7 heteroatoms. The van der Waals surface area contributed by atoms with Gasteiger partial charge in [-0.1, -0.05) is 30.3 Å². The number of carbonyl (C=O) groups excluding carboxylic acids is 2. The van der Waals surface area contributed by atoms with Crippen molar-refractivity contribution in [2.45, 2.75) is 12.4 Å². The Kier molecular flexibility index (Phi) is 4.57. The van der Waals surface area contributed by atoms with Crippen LogP contribution >= 0.6 is 0 Å². The summed E-state index contributed by atoms with van der Waals surface area (Å²) in [6.07, 6.45) is -0.350. The Bertz CT molecular complexity index is 675. The largest absolute Gasteiger partial charge is 0.476 e. The number of benzene rings is 2. The second-order valence-corrected chi connectivity index (χ2v) is 4.73. The minimum atomic E-state index is -1.86. The molecule has 21 heavy (non-hydrogen) atoms. The highest BCUT2D eigenvalue weighted by atomic mass is 16.4. The third-order valence-corrected chi connectivity index (χ3v) is 3.11. The molecule has 1 atom stereocenters. The zero-order chi connectivity index (χ0) is 15.4. The van der Waals surface area contributed by atoms with Crippen LogP contribution < -0.4 is 11.1 Å². The molecule has 2 amide bonds. The molecule has 0 aromatic heterocycles. The number of fused-ring (bicyclic) bond motifs is 1. The first-order valence-electron chi connectivity index (χ1n) is 6.41. The van der Waals surface area contributed by atoms with Crippen LogP contribution in [0.15, 0.2) is 42.5 Å². The number of nitrogens with one attached hydrogen (secondary N) is 1. The van der Waals surface area contributed by atoms with Crippen molar-refractivity contribution in [1.29, 1.82) is 0 Å². The maximum atomic E-state index is 12.1. The Morgan fingerprint density at radius 1 is 1.14 bits per heavy atom. The van der Waals surface area contributed by atoms with Gasteiger partial charge in [0.1, 0.15) is 0 Å². The molecular formula is C14H15BN2O4. The van der Waals surface area contributed by atoms with Gasteiger partial charge in [0, 0.05) is 12.0 Å². The molecule has 2 rings (SSSR count). The zero-order valence-corrected chi connectivity index (χ0v) is 11.2. The lowest BCUT2D eigenvalue weighted by atomic mass is 9.77. The predicted octanol–water partition coefficient (Wildman–Crippen LogP) is -0.174. The SMILES string of the molecule is NC(=O)C[C@@H](NC(=O)c1ccc2ccccc2c1)B(O)O. The zero-order valence-electron chi connectivity index (χ0n) is 11.2. The van der Waals surface area contributed by atoms with Crippen LogP contribution in [0, 0.1) is 0 Å². The molecule has 0 radical (unpaired) electrons. The summed E-state index contributed by atoms with van der Waals surface area (Å²) in [5, 5.41) is 22.6. The Hall–Kier alpha value is -2.38. The summed E-state index contributed by atoms with van der Waals surface area (Å²) in [5.41, 5.74) is 5.37. The fourth-order valence-corrected chi connectivity index (χ4v) is 2.03.